The first-order valence-corrected chi connectivity index (χ1v) is 11.0. The fraction of sp³-hybridized carbons (Fsp3) is 0.333. The Balaban J connectivity index is 2.11. The summed E-state index contributed by atoms with van der Waals surface area (Å²) >= 11 is 3.46. The van der Waals surface area contributed by atoms with Crippen molar-refractivity contribution in [1.29, 1.82) is 0 Å². The Kier molecular flexibility index (Phi) is 7.18. The van der Waals surface area contributed by atoms with E-state index < -0.39 is 23.5 Å². The van der Waals surface area contributed by atoms with Gasteiger partial charge in [-0.2, -0.15) is 0 Å². The summed E-state index contributed by atoms with van der Waals surface area (Å²) in [7, 11) is 5.64. The number of hydrogen-bond acceptors (Lipinski definition) is 4. The number of methoxy groups -OCH3 is 1. The minimum Gasteiger partial charge on any atom is -0.872 e. The smallest absolute Gasteiger partial charge is 0.295 e. The SMILES string of the molecule is COc1ccc(C([O-])=C2C(=O)C(=O)N(CCC[NH+](C)C)C2c2cccc(Br)c2)cc1C. The summed E-state index contributed by atoms with van der Waals surface area (Å²) in [6.07, 6.45) is 0.731. The third-order valence-electron chi connectivity index (χ3n) is 5.43. The van der Waals surface area contributed by atoms with Gasteiger partial charge in [-0.1, -0.05) is 39.9 Å². The molecule has 1 amide bonds. The number of nitrogens with zero attached hydrogens (tertiary/aromatic N) is 1. The molecule has 1 saturated heterocycles. The molecule has 1 aliphatic rings. The van der Waals surface area contributed by atoms with Gasteiger partial charge in [0, 0.05) is 23.0 Å². The van der Waals surface area contributed by atoms with Gasteiger partial charge < -0.3 is 19.6 Å². The van der Waals surface area contributed by atoms with E-state index in [0.29, 0.717) is 17.9 Å². The molecular weight excluding hydrogens is 460 g/mol. The number of amides is 1. The van der Waals surface area contributed by atoms with Crippen LogP contribution in [-0.4, -0.2) is 50.9 Å². The molecule has 164 valence electrons. The van der Waals surface area contributed by atoms with Crippen molar-refractivity contribution in [3.05, 3.63) is 69.2 Å². The van der Waals surface area contributed by atoms with Crippen LogP contribution in [0.4, 0.5) is 0 Å². The second-order valence-corrected chi connectivity index (χ2v) is 8.94. The summed E-state index contributed by atoms with van der Waals surface area (Å²) in [5.74, 6) is -1.10. The molecule has 31 heavy (non-hydrogen) atoms. The van der Waals surface area contributed by atoms with Crippen molar-refractivity contribution in [1.82, 2.24) is 4.90 Å². The van der Waals surface area contributed by atoms with E-state index in [2.05, 4.69) is 15.9 Å². The van der Waals surface area contributed by atoms with Crippen LogP contribution in [0.1, 0.15) is 29.2 Å². The zero-order valence-corrected chi connectivity index (χ0v) is 19.8. The Morgan fingerprint density at radius 2 is 1.94 bits per heavy atom. The third-order valence-corrected chi connectivity index (χ3v) is 5.92. The summed E-state index contributed by atoms with van der Waals surface area (Å²) < 4.78 is 6.09. The van der Waals surface area contributed by atoms with E-state index in [1.54, 1.807) is 25.3 Å². The van der Waals surface area contributed by atoms with Crippen LogP contribution < -0.4 is 14.7 Å². The average molecular weight is 487 g/mol. The quantitative estimate of drug-likeness (QED) is 0.365. The van der Waals surface area contributed by atoms with E-state index in [-0.39, 0.29) is 5.57 Å². The largest absolute Gasteiger partial charge is 0.872 e. The lowest BCUT2D eigenvalue weighted by molar-refractivity contribution is -0.858. The molecule has 0 radical (unpaired) electrons. The monoisotopic (exact) mass is 486 g/mol. The lowest BCUT2D eigenvalue weighted by Gasteiger charge is -2.28. The van der Waals surface area contributed by atoms with Gasteiger partial charge in [-0.05, 0) is 47.9 Å². The number of likely N-dealkylation sites (tertiary alicyclic amines) is 1. The minimum atomic E-state index is -0.722. The van der Waals surface area contributed by atoms with E-state index in [0.717, 1.165) is 28.6 Å². The number of ether oxygens (including phenoxy) is 1. The van der Waals surface area contributed by atoms with Crippen molar-refractivity contribution in [3.63, 3.8) is 0 Å². The Morgan fingerprint density at radius 3 is 2.55 bits per heavy atom. The van der Waals surface area contributed by atoms with Crippen molar-refractivity contribution in [2.75, 3.05) is 34.3 Å². The number of aryl methyl sites for hydroxylation is 1. The summed E-state index contributed by atoms with van der Waals surface area (Å²) in [6.45, 7) is 3.10. The lowest BCUT2D eigenvalue weighted by Crippen LogP contribution is -3.05. The van der Waals surface area contributed by atoms with Gasteiger partial charge in [0.15, 0.2) is 0 Å². The van der Waals surface area contributed by atoms with E-state index in [9.17, 15) is 14.7 Å². The number of nitrogens with one attached hydrogen (secondary N) is 1. The highest BCUT2D eigenvalue weighted by molar-refractivity contribution is 9.10. The molecule has 1 N–H and O–H groups in total. The maximum absolute atomic E-state index is 13.5. The van der Waals surface area contributed by atoms with Crippen LogP contribution in [0, 0.1) is 6.92 Å². The molecule has 0 aromatic heterocycles. The molecule has 3 rings (SSSR count). The van der Waals surface area contributed by atoms with Crippen LogP contribution in [0.3, 0.4) is 0 Å². The summed E-state index contributed by atoms with van der Waals surface area (Å²) in [5.41, 5.74) is 1.90. The molecule has 6 nitrogen and oxygen atoms in total. The Morgan fingerprint density at radius 1 is 1.19 bits per heavy atom. The Hall–Kier alpha value is -2.64. The predicted molar refractivity (Wildman–Crippen MR) is 121 cm³/mol. The number of rotatable bonds is 7. The third kappa shape index (κ3) is 4.83. The first-order chi connectivity index (χ1) is 14.7. The van der Waals surface area contributed by atoms with Crippen molar-refractivity contribution in [2.24, 2.45) is 0 Å². The molecule has 1 atom stereocenters. The second kappa shape index (κ2) is 9.66. The molecule has 1 aliphatic heterocycles. The molecule has 0 aliphatic carbocycles. The maximum Gasteiger partial charge on any atom is 0.295 e. The van der Waals surface area contributed by atoms with E-state index >= 15 is 0 Å². The normalized spacial score (nSPS) is 18.1. The summed E-state index contributed by atoms with van der Waals surface area (Å²) in [6, 6.07) is 11.7. The van der Waals surface area contributed by atoms with Crippen molar-refractivity contribution < 1.29 is 24.3 Å². The van der Waals surface area contributed by atoms with E-state index in [4.69, 9.17) is 4.74 Å². The van der Waals surface area contributed by atoms with Gasteiger partial charge in [0.1, 0.15) is 5.75 Å². The molecule has 2 aromatic carbocycles. The highest BCUT2D eigenvalue weighted by atomic mass is 79.9. The number of quaternary nitrogens is 1. The lowest BCUT2D eigenvalue weighted by atomic mass is 9.94. The highest BCUT2D eigenvalue weighted by Gasteiger charge is 2.44. The van der Waals surface area contributed by atoms with Gasteiger partial charge in [-0.15, -0.1) is 0 Å². The van der Waals surface area contributed by atoms with E-state index in [1.807, 2.05) is 45.3 Å². The molecule has 7 heteroatoms. The fourth-order valence-electron chi connectivity index (χ4n) is 3.90. The predicted octanol–water partition coefficient (Wildman–Crippen LogP) is 1.52. The van der Waals surface area contributed by atoms with E-state index in [1.165, 1.54) is 9.80 Å². The Labute approximate surface area is 191 Å². The number of halogens is 1. The highest BCUT2D eigenvalue weighted by Crippen LogP contribution is 2.39. The van der Waals surface area contributed by atoms with Gasteiger partial charge in [-0.25, -0.2) is 0 Å². The molecule has 0 spiro atoms. The van der Waals surface area contributed by atoms with Crippen LogP contribution in [0.15, 0.2) is 52.5 Å². The molecule has 1 fully saturated rings. The second-order valence-electron chi connectivity index (χ2n) is 8.02. The first-order valence-electron chi connectivity index (χ1n) is 10.2. The average Bonchev–Trinajstić information content (AvgIpc) is 2.98. The number of hydrogen-bond donors (Lipinski definition) is 1. The zero-order chi connectivity index (χ0) is 22.7. The van der Waals surface area contributed by atoms with Gasteiger partial charge >= 0.3 is 0 Å². The van der Waals surface area contributed by atoms with Crippen LogP contribution in [0.5, 0.6) is 5.75 Å². The fourth-order valence-corrected chi connectivity index (χ4v) is 4.32. The molecule has 1 unspecified atom stereocenters. The van der Waals surface area contributed by atoms with Gasteiger partial charge in [0.05, 0.1) is 33.8 Å². The summed E-state index contributed by atoms with van der Waals surface area (Å²) in [5, 5.41) is 13.5. The number of ketones is 1. The molecule has 0 bridgehead atoms. The molecular formula is C24H27BrN2O4. The number of carbonyl (C=O) groups is 2. The molecule has 1 heterocycles. The van der Waals surface area contributed by atoms with Crippen molar-refractivity contribution in [2.45, 2.75) is 19.4 Å². The first kappa shape index (κ1) is 23.0. The Bertz CT molecular complexity index is 1030. The topological polar surface area (TPSA) is 74.1 Å². The zero-order valence-electron chi connectivity index (χ0n) is 18.2. The van der Waals surface area contributed by atoms with Crippen LogP contribution in [0.2, 0.25) is 0 Å². The van der Waals surface area contributed by atoms with Gasteiger partial charge in [0.25, 0.3) is 5.91 Å². The van der Waals surface area contributed by atoms with Gasteiger partial charge in [-0.3, -0.25) is 9.59 Å². The van der Waals surface area contributed by atoms with Gasteiger partial charge in [0.2, 0.25) is 5.78 Å². The number of carbonyl (C=O) groups excluding carboxylic acids is 2. The minimum absolute atomic E-state index is 0.00451. The molecule has 0 saturated carbocycles. The van der Waals surface area contributed by atoms with Crippen LogP contribution in [0.25, 0.3) is 5.76 Å². The standard InChI is InChI=1S/C24H27BrN2O4/c1-15-13-17(9-10-19(15)31-4)22(28)20-21(16-7-5-8-18(25)14-16)27(24(30)23(20)29)12-6-11-26(2)3/h5,7-10,13-14,21,28H,6,11-12H2,1-4H3. The number of benzene rings is 2. The van der Waals surface area contributed by atoms with Crippen molar-refractivity contribution >= 4 is 33.4 Å². The maximum atomic E-state index is 13.5. The number of Topliss-reactive ketones (excluding diaryl/α,β-unsaturated/α-hetero) is 1. The van der Waals surface area contributed by atoms with Crippen LogP contribution >= 0.6 is 15.9 Å². The van der Waals surface area contributed by atoms with Crippen LogP contribution in [-0.2, 0) is 9.59 Å². The van der Waals surface area contributed by atoms with Crippen molar-refractivity contribution in [3.8, 4) is 5.75 Å². The molecule has 2 aromatic rings. The summed E-state index contributed by atoms with van der Waals surface area (Å²) in [4.78, 5) is 28.7.